The molecule has 122 heavy (non-hydrogen) atoms. The molecule has 10 nitrogen and oxygen atoms in total. The first-order valence-corrected chi connectivity index (χ1v) is 41.1. The number of rotatable bonds is 5. The molecule has 20 rings (SSSR count). The fourth-order valence-electron chi connectivity index (χ4n) is 19.4. The molecule has 21 heteroatoms. The van der Waals surface area contributed by atoms with Crippen LogP contribution in [-0.4, -0.2) is 20.1 Å². The molecule has 0 saturated carbocycles. The highest BCUT2D eigenvalue weighted by Gasteiger charge is 2.55. The van der Waals surface area contributed by atoms with Gasteiger partial charge in [0, 0.05) is 62.3 Å². The number of halogens is 8. The predicted octanol–water partition coefficient (Wildman–Crippen LogP) is 22.0. The van der Waals surface area contributed by atoms with Crippen LogP contribution in [-0.2, 0) is 27.1 Å². The van der Waals surface area contributed by atoms with E-state index in [2.05, 4.69) is 12.1 Å². The molecule has 2 aromatic heterocycles. The lowest BCUT2D eigenvalue weighted by molar-refractivity contribution is 0.487. The molecule has 0 fully saturated rings. The van der Waals surface area contributed by atoms with Gasteiger partial charge in [-0.3, -0.25) is 0 Å². The molecule has 0 N–H and O–H groups in total. The first-order valence-electron chi connectivity index (χ1n) is 41.1. The number of nitrogens with zero attached hydrogens (tertiary/aromatic N) is 7. The number of hydrogen-bond acceptors (Lipinski definition) is 10. The van der Waals surface area contributed by atoms with Crippen LogP contribution in [0.3, 0.4) is 0 Å². The first-order chi connectivity index (χ1) is 57.6. The van der Waals surface area contributed by atoms with Gasteiger partial charge in [0.2, 0.25) is 0 Å². The summed E-state index contributed by atoms with van der Waals surface area (Å²) in [7, 11) is 0. The predicted molar refractivity (Wildman–Crippen MR) is 477 cm³/mol. The maximum absolute atomic E-state index is 18.6. The normalized spacial score (nSPS) is 14.2. The van der Waals surface area contributed by atoms with Crippen LogP contribution >= 0.6 is 0 Å². The van der Waals surface area contributed by atoms with Crippen LogP contribution in [0.1, 0.15) is 159 Å². The van der Waals surface area contributed by atoms with Gasteiger partial charge in [-0.05, 0) is 270 Å². The number of ether oxygens (including phenoxy) is 1. The third kappa shape index (κ3) is 11.4. The highest BCUT2D eigenvalue weighted by molar-refractivity contribution is 7.04. The fourth-order valence-corrected chi connectivity index (χ4v) is 19.4. The Bertz CT molecular complexity index is 7090. The highest BCUT2D eigenvalue weighted by atomic mass is 19.2. The lowest BCUT2D eigenvalue weighted by Crippen LogP contribution is -2.66. The van der Waals surface area contributed by atoms with Gasteiger partial charge in [0.1, 0.15) is 51.4 Å². The molecule has 6 aliphatic rings. The van der Waals surface area contributed by atoms with Crippen molar-refractivity contribution in [3.8, 4) is 23.6 Å². The summed E-state index contributed by atoms with van der Waals surface area (Å²) in [5.74, 6) is -6.27. The van der Waals surface area contributed by atoms with Crippen LogP contribution in [0.5, 0.6) is 11.5 Å². The molecule has 0 unspecified atom stereocenters. The van der Waals surface area contributed by atoms with E-state index in [1.165, 1.54) is 58.3 Å². The van der Waals surface area contributed by atoms with Gasteiger partial charge in [-0.15, -0.1) is 0 Å². The van der Waals surface area contributed by atoms with Crippen molar-refractivity contribution in [2.45, 2.75) is 152 Å². The van der Waals surface area contributed by atoms with E-state index in [1.807, 2.05) is 185 Å². The molecular formula is C101H82B3F8N7O3. The number of benzene rings is 12. The van der Waals surface area contributed by atoms with Gasteiger partial charge in [0.25, 0.3) is 20.1 Å². The van der Waals surface area contributed by atoms with Crippen molar-refractivity contribution in [1.29, 1.82) is 10.5 Å². The van der Waals surface area contributed by atoms with E-state index in [0.29, 0.717) is 139 Å². The van der Waals surface area contributed by atoms with Crippen molar-refractivity contribution in [3.63, 3.8) is 0 Å². The van der Waals surface area contributed by atoms with E-state index >= 15 is 35.1 Å². The summed E-state index contributed by atoms with van der Waals surface area (Å²) in [4.78, 5) is 8.15. The van der Waals surface area contributed by atoms with Gasteiger partial charge >= 0.3 is 0 Å². The summed E-state index contributed by atoms with van der Waals surface area (Å²) in [6, 6.07) is 51.3. The topological polar surface area (TPSA) is 99.3 Å². The molecule has 0 saturated heterocycles. The minimum atomic E-state index is -1.08. The lowest BCUT2D eigenvalue weighted by Gasteiger charge is -2.46. The van der Waals surface area contributed by atoms with Gasteiger partial charge in [0.05, 0.1) is 57.3 Å². The molecule has 12 aromatic carbocycles. The Hall–Kier alpha value is -12.9. The molecule has 0 amide bonds. The van der Waals surface area contributed by atoms with Gasteiger partial charge in [0.15, 0.2) is 34.9 Å². The molecule has 14 aromatic rings. The van der Waals surface area contributed by atoms with Crippen LogP contribution in [0.2, 0.25) is 0 Å². The summed E-state index contributed by atoms with van der Waals surface area (Å²) in [6.45, 7) is 31.0. The van der Waals surface area contributed by atoms with E-state index in [0.717, 1.165) is 0 Å². The van der Waals surface area contributed by atoms with Crippen molar-refractivity contribution in [1.82, 2.24) is 0 Å². The van der Waals surface area contributed by atoms with Gasteiger partial charge in [-0.1, -0.05) is 128 Å². The number of furan rings is 2. The van der Waals surface area contributed by atoms with Gasteiger partial charge in [-0.25, -0.2) is 35.1 Å². The number of anilines is 15. The second kappa shape index (κ2) is 26.1. The molecule has 0 atom stereocenters. The van der Waals surface area contributed by atoms with Crippen molar-refractivity contribution < 1.29 is 48.7 Å². The zero-order valence-electron chi connectivity index (χ0n) is 70.8. The highest BCUT2D eigenvalue weighted by Crippen LogP contribution is 2.56. The number of hydrogen-bond donors (Lipinski definition) is 0. The van der Waals surface area contributed by atoms with Crippen LogP contribution in [0, 0.1) is 90.0 Å². The monoisotopic (exact) mass is 1630 g/mol. The smallest absolute Gasteiger partial charge is 0.297 e. The summed E-state index contributed by atoms with van der Waals surface area (Å²) >= 11 is 0. The van der Waals surface area contributed by atoms with Crippen molar-refractivity contribution >= 4 is 177 Å². The van der Waals surface area contributed by atoms with E-state index in [1.54, 1.807) is 75.4 Å². The van der Waals surface area contributed by atoms with Crippen molar-refractivity contribution in [3.05, 3.63) is 272 Å². The summed E-state index contributed by atoms with van der Waals surface area (Å²) in [6.07, 6.45) is 0. The minimum absolute atomic E-state index is 0.106. The van der Waals surface area contributed by atoms with Crippen LogP contribution < -0.4 is 78.8 Å². The lowest BCUT2D eigenvalue weighted by atomic mass is 9.30. The molecule has 8 heterocycles. The van der Waals surface area contributed by atoms with Gasteiger partial charge in [-0.2, -0.15) is 10.5 Å². The minimum Gasteiger partial charge on any atom is -0.468 e. The Kier molecular flexibility index (Phi) is 16.6. The average Bonchev–Trinajstić information content (AvgIpc) is 1.02. The zero-order valence-corrected chi connectivity index (χ0v) is 70.8. The second-order valence-corrected chi connectivity index (χ2v) is 38.8. The second-order valence-electron chi connectivity index (χ2n) is 38.8. The third-order valence-electron chi connectivity index (χ3n) is 25.5. The molecule has 0 aliphatic carbocycles. The number of aryl methyl sites for hydroxylation is 3. The standard InChI is InChI=1S/C101H82B3F8N7O3/c1-49-27-78-87-80(29-49)117(92-67(107)37-56(38-68(92)108)99(10,11)12)76-45-75-61(43-62(76)103(87)95-90(59-33-52(47-113)19-25-83(59)121-95)115(78)73-23-21-54(35-65(73)105)97(4,5)6)102-64-44-63-77(46-85(64)120-86-32-51(3)31-82(89(86)102)118(75)93-69(109)39-57(40-70(93)110)100(13,14)15)119(94-71(111)41-58(42-72(94)112)101(16,17)18)81-30-50(2)28-79-88(81)104(63)96-91(60-34-53(48-114)20-26-84(60)122-96)116(79)74-24-22-55(36-66(74)106)98(7,8)9/h19-46H,1-18H3. The molecule has 0 bridgehead atoms. The Labute approximate surface area is 704 Å². The summed E-state index contributed by atoms with van der Waals surface area (Å²) < 4.78 is 170. The molecule has 0 spiro atoms. The Morgan fingerprint density at radius 2 is 0.590 bits per heavy atom. The van der Waals surface area contributed by atoms with Crippen molar-refractivity contribution in [2.24, 2.45) is 0 Å². The van der Waals surface area contributed by atoms with E-state index in [-0.39, 0.29) is 68.1 Å². The zero-order chi connectivity index (χ0) is 86.2. The first kappa shape index (κ1) is 77.7. The molecule has 0 radical (unpaired) electrons. The van der Waals surface area contributed by atoms with E-state index in [9.17, 15) is 10.5 Å². The van der Waals surface area contributed by atoms with E-state index < -0.39 is 111 Å². The van der Waals surface area contributed by atoms with Crippen LogP contribution in [0.15, 0.2) is 179 Å². The van der Waals surface area contributed by atoms with Gasteiger partial charge < -0.3 is 38.1 Å². The fraction of sp³-hybridized carbons (Fsp3) is 0.228. The van der Waals surface area contributed by atoms with E-state index in [4.69, 9.17) is 13.6 Å². The molecule has 6 aliphatic heterocycles. The maximum atomic E-state index is 18.6. The van der Waals surface area contributed by atoms with Crippen molar-refractivity contribution in [2.75, 3.05) is 24.5 Å². The SMILES string of the molecule is Cc1cc2c3c(c1)N(c1c(F)cc(C(C)(C)C)cc1F)c1cc4c(cc1B3c1cc3c(cc1O2)N(c1c(F)cc(C(C)(C)C)cc1F)c1cc(C)cc2c1B3c1oc3ccc(C#N)cc3c1N2c1ccc(C(C)(C)C)cc1F)B1c2oc3ccc(C#N)cc3c2N(c2ccc(C(C)(C)C)cc2F)c2cc(C)cc(c21)N4c1c(F)cc(C(C)(C)C)cc1F. The van der Waals surface area contributed by atoms with Crippen LogP contribution in [0.25, 0.3) is 21.9 Å². The molecule has 604 valence electrons. The summed E-state index contributed by atoms with van der Waals surface area (Å²) in [5.41, 5.74) is 7.71. The maximum Gasteiger partial charge on any atom is 0.297 e. The molecular weight excluding hydrogens is 1540 g/mol. The Morgan fingerprint density at radius 3 is 0.934 bits per heavy atom. The van der Waals surface area contributed by atoms with Crippen LogP contribution in [0.4, 0.5) is 120 Å². The largest absolute Gasteiger partial charge is 0.468 e. The quantitative estimate of drug-likeness (QED) is 0.122. The Morgan fingerprint density at radius 1 is 0.279 bits per heavy atom. The average molecular weight is 1630 g/mol. The number of fused-ring (bicyclic) bond motifs is 16. The third-order valence-corrected chi connectivity index (χ3v) is 25.5. The Balaban J connectivity index is 0.930. The number of nitriles is 2. The summed E-state index contributed by atoms with van der Waals surface area (Å²) in [5, 5.41) is 22.3.